The van der Waals surface area contributed by atoms with E-state index in [9.17, 15) is 4.79 Å². The maximum atomic E-state index is 12.4. The zero-order valence-corrected chi connectivity index (χ0v) is 16.6. The Morgan fingerprint density at radius 2 is 1.88 bits per heavy atom. The predicted molar refractivity (Wildman–Crippen MR) is 105 cm³/mol. The second-order valence-corrected chi connectivity index (χ2v) is 9.10. The fraction of sp³-hybridized carbons (Fsp3) is 0.526. The number of carbonyl (C=O) groups excluding carboxylic acids is 1. The number of hydrogen-bond donors (Lipinski definition) is 2. The van der Waals surface area contributed by atoms with Gasteiger partial charge in [-0.2, -0.15) is 0 Å². The van der Waals surface area contributed by atoms with E-state index in [1.165, 1.54) is 11.8 Å². The molecule has 1 aromatic heterocycles. The molecule has 7 heteroatoms. The fourth-order valence-corrected chi connectivity index (χ4v) is 4.45. The van der Waals surface area contributed by atoms with Gasteiger partial charge in [-0.05, 0) is 52.7 Å². The van der Waals surface area contributed by atoms with Crippen LogP contribution < -0.4 is 10.6 Å². The van der Waals surface area contributed by atoms with Crippen LogP contribution in [-0.2, 0) is 4.79 Å². The number of carbonyl (C=O) groups is 1. The second-order valence-electron chi connectivity index (χ2n) is 8.16. The fourth-order valence-electron chi connectivity index (χ4n) is 3.84. The van der Waals surface area contributed by atoms with E-state index in [0.29, 0.717) is 10.9 Å². The van der Waals surface area contributed by atoms with Gasteiger partial charge in [0.05, 0.1) is 11.4 Å². The second kappa shape index (κ2) is 7.40. The molecule has 0 aliphatic carbocycles. The van der Waals surface area contributed by atoms with Crippen LogP contribution in [0, 0.1) is 0 Å². The summed E-state index contributed by atoms with van der Waals surface area (Å²) >= 11 is 1.36. The number of amides is 1. The van der Waals surface area contributed by atoms with E-state index in [2.05, 4.69) is 48.4 Å². The van der Waals surface area contributed by atoms with Gasteiger partial charge in [0.15, 0.2) is 0 Å². The van der Waals surface area contributed by atoms with Gasteiger partial charge in [-0.3, -0.25) is 4.79 Å². The van der Waals surface area contributed by atoms with Crippen LogP contribution in [0.3, 0.4) is 0 Å². The molecule has 0 radical (unpaired) electrons. The van der Waals surface area contributed by atoms with E-state index < -0.39 is 0 Å². The first-order chi connectivity index (χ1) is 12.2. The molecule has 0 saturated carbocycles. The van der Waals surface area contributed by atoms with Crippen molar-refractivity contribution in [2.24, 2.45) is 0 Å². The number of aromatic nitrogens is 3. The highest BCUT2D eigenvalue weighted by Crippen LogP contribution is 2.28. The van der Waals surface area contributed by atoms with Gasteiger partial charge < -0.3 is 10.6 Å². The lowest BCUT2D eigenvalue weighted by Crippen LogP contribution is -2.62. The van der Waals surface area contributed by atoms with Crippen LogP contribution in [0.2, 0.25) is 0 Å². The van der Waals surface area contributed by atoms with Gasteiger partial charge in [-0.15, -0.1) is 5.10 Å². The third-order valence-electron chi connectivity index (χ3n) is 4.38. The summed E-state index contributed by atoms with van der Waals surface area (Å²) in [6, 6.07) is 10.00. The molecule has 6 nitrogen and oxygen atoms in total. The predicted octanol–water partition coefficient (Wildman–Crippen LogP) is 2.78. The average molecular weight is 374 g/mol. The quantitative estimate of drug-likeness (QED) is 0.789. The molecule has 2 aromatic rings. The molecule has 140 valence electrons. The molecule has 2 heterocycles. The molecule has 2 N–H and O–H groups in total. The highest BCUT2D eigenvalue weighted by atomic mass is 32.2. The lowest BCUT2D eigenvalue weighted by atomic mass is 9.79. The molecule has 1 aliphatic heterocycles. The Balaban J connectivity index is 1.52. The topological polar surface area (TPSA) is 71.8 Å². The standard InChI is InChI=1S/C19H27N5OS/c1-18(2)10-14(11-19(3,4)23-18)21-16(25)12-26-17-20-13-24(22-17)15-8-6-5-7-9-15/h5-9,13-14,23H,10-12H2,1-4H3,(H,21,25). The number of thioether (sulfide) groups is 1. The van der Waals surface area contributed by atoms with Crippen molar-refractivity contribution in [3.05, 3.63) is 36.7 Å². The van der Waals surface area contributed by atoms with Gasteiger partial charge >= 0.3 is 0 Å². The molecule has 1 aromatic carbocycles. The number of rotatable bonds is 5. The van der Waals surface area contributed by atoms with Gasteiger partial charge in [0.2, 0.25) is 11.1 Å². The third kappa shape index (κ3) is 5.08. The van der Waals surface area contributed by atoms with Crippen molar-refractivity contribution in [1.82, 2.24) is 25.4 Å². The molecule has 0 atom stereocenters. The van der Waals surface area contributed by atoms with Crippen molar-refractivity contribution in [1.29, 1.82) is 0 Å². The van der Waals surface area contributed by atoms with E-state index in [1.807, 2.05) is 30.3 Å². The van der Waals surface area contributed by atoms with Crippen LogP contribution in [0.4, 0.5) is 0 Å². The van der Waals surface area contributed by atoms with Crippen molar-refractivity contribution < 1.29 is 4.79 Å². The van der Waals surface area contributed by atoms with E-state index in [4.69, 9.17) is 0 Å². The molecule has 1 fully saturated rings. The summed E-state index contributed by atoms with van der Waals surface area (Å²) in [7, 11) is 0. The van der Waals surface area contributed by atoms with E-state index in [0.717, 1.165) is 18.5 Å². The monoisotopic (exact) mass is 373 g/mol. The zero-order chi connectivity index (χ0) is 18.8. The van der Waals surface area contributed by atoms with Gasteiger partial charge in [0, 0.05) is 17.1 Å². The Hall–Kier alpha value is -1.86. The molecule has 0 unspecified atom stereocenters. The van der Waals surface area contributed by atoms with E-state index in [-0.39, 0.29) is 23.0 Å². The third-order valence-corrected chi connectivity index (χ3v) is 5.23. The van der Waals surface area contributed by atoms with Crippen molar-refractivity contribution in [2.75, 3.05) is 5.75 Å². The molecule has 1 amide bonds. The SMILES string of the molecule is CC1(C)CC(NC(=O)CSc2ncn(-c3ccccc3)n2)CC(C)(C)N1. The van der Waals surface area contributed by atoms with E-state index >= 15 is 0 Å². The molecule has 1 saturated heterocycles. The number of para-hydroxylation sites is 1. The first kappa shape index (κ1) is 18.9. The minimum Gasteiger partial charge on any atom is -0.353 e. The molecule has 3 rings (SSSR count). The summed E-state index contributed by atoms with van der Waals surface area (Å²) < 4.78 is 1.72. The van der Waals surface area contributed by atoms with Crippen molar-refractivity contribution in [2.45, 2.75) is 62.8 Å². The Kier molecular flexibility index (Phi) is 5.39. The first-order valence-corrected chi connectivity index (χ1v) is 9.90. The Morgan fingerprint density at radius 1 is 1.23 bits per heavy atom. The van der Waals surface area contributed by atoms with Gasteiger partial charge in [-0.1, -0.05) is 30.0 Å². The van der Waals surface area contributed by atoms with Crippen molar-refractivity contribution in [3.8, 4) is 5.69 Å². The highest BCUT2D eigenvalue weighted by Gasteiger charge is 2.38. The van der Waals surface area contributed by atoms with Crippen LogP contribution in [-0.4, -0.2) is 43.5 Å². The minimum atomic E-state index is 0.0167. The molecule has 0 spiro atoms. The molecule has 0 bridgehead atoms. The lowest BCUT2D eigenvalue weighted by molar-refractivity contribution is -0.119. The number of piperidine rings is 1. The summed E-state index contributed by atoms with van der Waals surface area (Å²) in [5.41, 5.74) is 0.988. The largest absolute Gasteiger partial charge is 0.353 e. The molecule has 26 heavy (non-hydrogen) atoms. The number of nitrogens with one attached hydrogen (secondary N) is 2. The first-order valence-electron chi connectivity index (χ1n) is 8.91. The molecular formula is C19H27N5OS. The minimum absolute atomic E-state index is 0.0167. The van der Waals surface area contributed by atoms with Crippen LogP contribution in [0.5, 0.6) is 0 Å². The summed E-state index contributed by atoms with van der Waals surface area (Å²) in [6.45, 7) is 8.73. The van der Waals surface area contributed by atoms with Gasteiger partial charge in [0.25, 0.3) is 0 Å². The summed E-state index contributed by atoms with van der Waals surface area (Å²) in [5.74, 6) is 0.355. The highest BCUT2D eigenvalue weighted by molar-refractivity contribution is 7.99. The van der Waals surface area contributed by atoms with Crippen molar-refractivity contribution in [3.63, 3.8) is 0 Å². The van der Waals surface area contributed by atoms with E-state index in [1.54, 1.807) is 11.0 Å². The number of nitrogens with zero attached hydrogens (tertiary/aromatic N) is 3. The molecular weight excluding hydrogens is 346 g/mol. The summed E-state index contributed by atoms with van der Waals surface area (Å²) in [4.78, 5) is 16.7. The summed E-state index contributed by atoms with van der Waals surface area (Å²) in [5, 5.41) is 11.8. The Labute approximate surface area is 159 Å². The maximum Gasteiger partial charge on any atom is 0.230 e. The molecule has 1 aliphatic rings. The lowest BCUT2D eigenvalue weighted by Gasteiger charge is -2.46. The number of benzene rings is 1. The van der Waals surface area contributed by atoms with Crippen molar-refractivity contribution >= 4 is 17.7 Å². The smallest absolute Gasteiger partial charge is 0.230 e. The number of hydrogen-bond acceptors (Lipinski definition) is 5. The maximum absolute atomic E-state index is 12.4. The van der Waals surface area contributed by atoms with Crippen LogP contribution in [0.15, 0.2) is 41.8 Å². The average Bonchev–Trinajstić information content (AvgIpc) is 2.99. The van der Waals surface area contributed by atoms with Crippen LogP contribution in [0.25, 0.3) is 5.69 Å². The van der Waals surface area contributed by atoms with Crippen LogP contribution in [0.1, 0.15) is 40.5 Å². The normalized spacial score (nSPS) is 19.2. The zero-order valence-electron chi connectivity index (χ0n) is 15.8. The Bertz CT molecular complexity index is 740. The van der Waals surface area contributed by atoms with Gasteiger partial charge in [0.1, 0.15) is 6.33 Å². The summed E-state index contributed by atoms with van der Waals surface area (Å²) in [6.07, 6.45) is 3.52. The Morgan fingerprint density at radius 3 is 2.54 bits per heavy atom. The van der Waals surface area contributed by atoms with Crippen LogP contribution >= 0.6 is 11.8 Å². The van der Waals surface area contributed by atoms with Gasteiger partial charge in [-0.25, -0.2) is 9.67 Å².